The topological polar surface area (TPSA) is 142 Å². The first-order chi connectivity index (χ1) is 24.3. The second kappa shape index (κ2) is 14.4. The molecule has 0 radical (unpaired) electrons. The highest BCUT2D eigenvalue weighted by molar-refractivity contribution is 6.74. The molecule has 12 nitrogen and oxygen atoms in total. The van der Waals surface area contributed by atoms with Gasteiger partial charge >= 0.3 is 12.1 Å². The van der Waals surface area contributed by atoms with Gasteiger partial charge in [0.1, 0.15) is 29.4 Å². The van der Waals surface area contributed by atoms with E-state index in [0.717, 1.165) is 16.6 Å². The second-order valence-corrected chi connectivity index (χ2v) is 20.4. The highest BCUT2D eigenvalue weighted by atomic mass is 28.4. The van der Waals surface area contributed by atoms with Crippen molar-refractivity contribution < 1.29 is 38.1 Å². The summed E-state index contributed by atoms with van der Waals surface area (Å²) in [6.07, 6.45) is -0.232. The van der Waals surface area contributed by atoms with Crippen molar-refractivity contribution in [2.45, 2.75) is 91.5 Å². The highest BCUT2D eigenvalue weighted by Crippen LogP contribution is 2.43. The number of aromatic amines is 1. The van der Waals surface area contributed by atoms with Crippen LogP contribution in [0.3, 0.4) is 0 Å². The Morgan fingerprint density at radius 2 is 1.69 bits per heavy atom. The van der Waals surface area contributed by atoms with E-state index in [1.807, 2.05) is 24.3 Å². The largest absolute Gasteiger partial charge is 0.497 e. The average Bonchev–Trinajstić information content (AvgIpc) is 3.40. The molecule has 5 rings (SSSR count). The minimum atomic E-state index is -2.06. The molecule has 0 unspecified atom stereocenters. The van der Waals surface area contributed by atoms with Crippen molar-refractivity contribution in [1.29, 1.82) is 0 Å². The van der Waals surface area contributed by atoms with Gasteiger partial charge in [-0.25, -0.2) is 9.59 Å². The number of aliphatic hydroxyl groups is 1. The number of hydrogen-bond donors (Lipinski definition) is 2. The lowest BCUT2D eigenvalue weighted by Gasteiger charge is -2.36. The standard InChI is InChI=1S/C39H51N3O9Si/c1-38(2,3)51-37(46)41-15-14-27-28(17-23-12-13-26(47-7)19-32(23)48-8)33(36(45)49-9)35(44)42(22-43)34(27)29-18-24-16-25(40-30(24)20-31(29)41)21-50-52(10,11)39(4,5)6/h12-13,16,18-20,40,43H,14-15,17,21-22H2,1-11H3. The number of nitrogens with one attached hydrogen (secondary N) is 1. The fourth-order valence-corrected chi connectivity index (χ4v) is 7.23. The van der Waals surface area contributed by atoms with Crippen molar-refractivity contribution in [3.63, 3.8) is 0 Å². The zero-order chi connectivity index (χ0) is 38.3. The lowest BCUT2D eigenvalue weighted by molar-refractivity contribution is 0.0575. The molecule has 3 heterocycles. The summed E-state index contributed by atoms with van der Waals surface area (Å²) in [4.78, 5) is 46.7. The number of fused-ring (bicyclic) bond motifs is 4. The summed E-state index contributed by atoms with van der Waals surface area (Å²) in [5.74, 6) is 0.245. The summed E-state index contributed by atoms with van der Waals surface area (Å²) < 4.78 is 29.8. The third-order valence-corrected chi connectivity index (χ3v) is 14.5. The van der Waals surface area contributed by atoms with Gasteiger partial charge < -0.3 is 33.5 Å². The van der Waals surface area contributed by atoms with Gasteiger partial charge in [-0.05, 0) is 86.3 Å². The van der Waals surface area contributed by atoms with Gasteiger partial charge in [0.05, 0.1) is 39.3 Å². The van der Waals surface area contributed by atoms with Crippen molar-refractivity contribution >= 4 is 37.0 Å². The molecule has 0 aliphatic carbocycles. The van der Waals surface area contributed by atoms with Gasteiger partial charge in [0, 0.05) is 41.2 Å². The molecule has 0 bridgehead atoms. The van der Waals surface area contributed by atoms with E-state index in [1.165, 1.54) is 18.8 Å². The van der Waals surface area contributed by atoms with Gasteiger partial charge in [-0.3, -0.25) is 14.3 Å². The smallest absolute Gasteiger partial charge is 0.414 e. The maximum atomic E-state index is 14.3. The van der Waals surface area contributed by atoms with Crippen LogP contribution in [0.15, 0.2) is 41.2 Å². The van der Waals surface area contributed by atoms with Crippen LogP contribution in [0, 0.1) is 0 Å². The number of H-pyrrole nitrogens is 1. The quantitative estimate of drug-likeness (QED) is 0.135. The Hall–Kier alpha value is -4.59. The number of ether oxygens (including phenoxy) is 4. The Labute approximate surface area is 305 Å². The number of rotatable bonds is 9. The van der Waals surface area contributed by atoms with E-state index in [9.17, 15) is 19.5 Å². The Balaban J connectivity index is 1.79. The highest BCUT2D eigenvalue weighted by Gasteiger charge is 2.38. The number of hydrogen-bond acceptors (Lipinski definition) is 9. The molecule has 2 aromatic carbocycles. The molecule has 0 spiro atoms. The SMILES string of the molecule is COC(=O)c1c(Cc2ccc(OC)cc2OC)c2c(n(CO)c1=O)-c1cc3cc(CO[Si](C)(C)C(C)(C)C)[nH]c3cc1N(C(=O)OC(C)(C)C)CC2. The fraction of sp³-hybridized carbons (Fsp3) is 0.462. The summed E-state index contributed by atoms with van der Waals surface area (Å²) >= 11 is 0. The minimum absolute atomic E-state index is 0.0263. The number of carbonyl (C=O) groups excluding carboxylic acids is 2. The van der Waals surface area contributed by atoms with E-state index >= 15 is 0 Å². The molecular formula is C39H51N3O9Si. The van der Waals surface area contributed by atoms with Crippen molar-refractivity contribution in [3.05, 3.63) is 74.7 Å². The van der Waals surface area contributed by atoms with E-state index in [1.54, 1.807) is 44.9 Å². The first kappa shape index (κ1) is 38.6. The number of aromatic nitrogens is 2. The first-order valence-corrected chi connectivity index (χ1v) is 20.2. The van der Waals surface area contributed by atoms with Gasteiger partial charge in [0.25, 0.3) is 5.56 Å². The molecule has 1 amide bonds. The summed E-state index contributed by atoms with van der Waals surface area (Å²) in [6, 6.07) is 11.1. The zero-order valence-electron chi connectivity index (χ0n) is 32.1. The lowest BCUT2D eigenvalue weighted by atomic mass is 9.90. The van der Waals surface area contributed by atoms with E-state index in [-0.39, 0.29) is 30.0 Å². The van der Waals surface area contributed by atoms with Crippen LogP contribution in [0.1, 0.15) is 74.3 Å². The number of benzene rings is 2. The first-order valence-electron chi connectivity index (χ1n) is 17.3. The molecule has 1 aliphatic rings. The Morgan fingerprint density at radius 3 is 2.29 bits per heavy atom. The second-order valence-electron chi connectivity index (χ2n) is 15.6. The lowest BCUT2D eigenvalue weighted by Crippen LogP contribution is -2.40. The van der Waals surface area contributed by atoms with Crippen LogP contribution in [0.4, 0.5) is 10.5 Å². The number of esters is 1. The number of nitrogens with zero attached hydrogens (tertiary/aromatic N) is 2. The number of pyridine rings is 1. The van der Waals surface area contributed by atoms with Crippen LogP contribution in [0.2, 0.25) is 18.1 Å². The van der Waals surface area contributed by atoms with Gasteiger partial charge in [0.2, 0.25) is 0 Å². The zero-order valence-corrected chi connectivity index (χ0v) is 33.1. The molecule has 280 valence electrons. The fourth-order valence-electron chi connectivity index (χ4n) is 6.28. The molecule has 4 aromatic rings. The Bertz CT molecular complexity index is 2070. The number of amides is 1. The van der Waals surface area contributed by atoms with E-state index in [0.29, 0.717) is 51.7 Å². The average molecular weight is 734 g/mol. The molecule has 0 saturated carbocycles. The van der Waals surface area contributed by atoms with E-state index in [4.69, 9.17) is 23.4 Å². The summed E-state index contributed by atoms with van der Waals surface area (Å²) in [5, 5.41) is 11.6. The van der Waals surface area contributed by atoms with Crippen LogP contribution in [-0.4, -0.2) is 68.5 Å². The number of carbonyl (C=O) groups is 2. The Morgan fingerprint density at radius 1 is 0.981 bits per heavy atom. The number of methoxy groups -OCH3 is 3. The van der Waals surface area contributed by atoms with Crippen LogP contribution in [-0.2, 0) is 40.1 Å². The van der Waals surface area contributed by atoms with Crippen molar-refractivity contribution in [2.75, 3.05) is 32.8 Å². The number of aliphatic hydroxyl groups excluding tert-OH is 1. The van der Waals surface area contributed by atoms with Gasteiger partial charge in [-0.2, -0.15) is 0 Å². The maximum Gasteiger partial charge on any atom is 0.414 e. The van der Waals surface area contributed by atoms with Gasteiger partial charge in [-0.1, -0.05) is 26.8 Å². The molecule has 0 saturated heterocycles. The van der Waals surface area contributed by atoms with Crippen molar-refractivity contribution in [3.8, 4) is 22.8 Å². The van der Waals surface area contributed by atoms with E-state index < -0.39 is 38.3 Å². The van der Waals surface area contributed by atoms with Crippen LogP contribution >= 0.6 is 0 Å². The normalized spacial score (nSPS) is 13.3. The predicted octanol–water partition coefficient (Wildman–Crippen LogP) is 7.16. The summed E-state index contributed by atoms with van der Waals surface area (Å²) in [6.45, 7) is 16.2. The molecule has 2 aromatic heterocycles. The molecule has 2 N–H and O–H groups in total. The predicted molar refractivity (Wildman–Crippen MR) is 203 cm³/mol. The van der Waals surface area contributed by atoms with Crippen LogP contribution in [0.25, 0.3) is 22.2 Å². The third kappa shape index (κ3) is 7.48. The Kier molecular flexibility index (Phi) is 10.7. The monoisotopic (exact) mass is 733 g/mol. The number of anilines is 1. The van der Waals surface area contributed by atoms with Gasteiger partial charge in [-0.15, -0.1) is 0 Å². The molecule has 1 aliphatic heterocycles. The molecular weight excluding hydrogens is 683 g/mol. The third-order valence-electron chi connectivity index (χ3n) is 10.0. The maximum absolute atomic E-state index is 14.3. The van der Waals surface area contributed by atoms with Crippen LogP contribution in [0.5, 0.6) is 11.5 Å². The summed E-state index contributed by atoms with van der Waals surface area (Å²) in [7, 11) is 2.24. The van der Waals surface area contributed by atoms with Gasteiger partial charge in [0.15, 0.2) is 8.32 Å². The minimum Gasteiger partial charge on any atom is -0.497 e. The molecule has 52 heavy (non-hydrogen) atoms. The summed E-state index contributed by atoms with van der Waals surface area (Å²) in [5.41, 5.74) is 3.02. The molecule has 0 atom stereocenters. The van der Waals surface area contributed by atoms with Crippen molar-refractivity contribution in [1.82, 2.24) is 9.55 Å². The van der Waals surface area contributed by atoms with Crippen molar-refractivity contribution in [2.24, 2.45) is 0 Å². The molecule has 0 fully saturated rings. The van der Waals surface area contributed by atoms with E-state index in [2.05, 4.69) is 38.8 Å². The van der Waals surface area contributed by atoms with Crippen LogP contribution < -0.4 is 19.9 Å². The molecule has 13 heteroatoms.